The second-order valence-electron chi connectivity index (χ2n) is 5.92. The molecule has 2 aromatic carbocycles. The molecule has 0 fully saturated rings. The van der Waals surface area contributed by atoms with Gasteiger partial charge in [0, 0.05) is 29.8 Å². The van der Waals surface area contributed by atoms with Crippen LogP contribution < -0.4 is 11.1 Å². The quantitative estimate of drug-likeness (QED) is 0.551. The van der Waals surface area contributed by atoms with Crippen molar-refractivity contribution in [2.75, 3.05) is 19.0 Å². The van der Waals surface area contributed by atoms with Crippen LogP contribution in [-0.4, -0.2) is 28.3 Å². The molecule has 0 aliphatic heterocycles. The molecule has 27 heavy (non-hydrogen) atoms. The van der Waals surface area contributed by atoms with Gasteiger partial charge >= 0.3 is 5.76 Å². The highest BCUT2D eigenvalue weighted by molar-refractivity contribution is 5.98. The zero-order valence-electron chi connectivity index (χ0n) is 14.6. The number of nitrogens with one attached hydrogen (secondary N) is 1. The molecule has 0 radical (unpaired) electrons. The molecular formula is C20H16N4O3. The van der Waals surface area contributed by atoms with E-state index in [1.54, 1.807) is 13.2 Å². The summed E-state index contributed by atoms with van der Waals surface area (Å²) in [5.74, 6) is 2.79. The van der Waals surface area contributed by atoms with Gasteiger partial charge in [0.15, 0.2) is 5.58 Å². The Labute approximate surface area is 154 Å². The molecule has 0 bridgehead atoms. The third-order valence-corrected chi connectivity index (χ3v) is 4.24. The molecule has 4 aromatic rings. The molecule has 0 spiro atoms. The highest BCUT2D eigenvalue weighted by Gasteiger charge is 2.13. The minimum atomic E-state index is -0.429. The largest absolute Gasteiger partial charge is 0.420 e. The van der Waals surface area contributed by atoms with Crippen molar-refractivity contribution in [2.24, 2.45) is 0 Å². The lowest BCUT2D eigenvalue weighted by Crippen LogP contribution is -2.16. The van der Waals surface area contributed by atoms with Gasteiger partial charge in [-0.3, -0.25) is 4.57 Å². The van der Waals surface area contributed by atoms with E-state index in [-0.39, 0.29) is 0 Å². The van der Waals surface area contributed by atoms with Crippen molar-refractivity contribution in [3.63, 3.8) is 0 Å². The molecule has 2 aromatic heterocycles. The summed E-state index contributed by atoms with van der Waals surface area (Å²) in [6.07, 6.45) is 6.93. The normalized spacial score (nSPS) is 11.0. The molecule has 4 rings (SSSR count). The lowest BCUT2D eigenvalue weighted by Gasteiger charge is -2.09. The van der Waals surface area contributed by atoms with E-state index in [9.17, 15) is 4.79 Å². The summed E-state index contributed by atoms with van der Waals surface area (Å²) in [6, 6.07) is 11.1. The minimum Gasteiger partial charge on any atom is -0.408 e. The Hall–Kier alpha value is -3.63. The van der Waals surface area contributed by atoms with Crippen LogP contribution in [0.2, 0.25) is 0 Å². The van der Waals surface area contributed by atoms with E-state index >= 15 is 0 Å². The lowest BCUT2D eigenvalue weighted by atomic mass is 10.2. The van der Waals surface area contributed by atoms with Gasteiger partial charge in [0.2, 0.25) is 0 Å². The van der Waals surface area contributed by atoms with Crippen LogP contribution in [0.1, 0.15) is 5.56 Å². The molecule has 0 aliphatic rings. The predicted molar refractivity (Wildman–Crippen MR) is 103 cm³/mol. The van der Waals surface area contributed by atoms with Crippen molar-refractivity contribution in [3.05, 3.63) is 58.8 Å². The number of benzene rings is 2. The standard InChI is InChI=1S/C20H16N4O3/c1-3-13-5-4-6-14(9-13)23-19-15-10-17-18(11-16(15)21-12-22-19)27-20(25)24(17)7-8-26-2/h1,4-6,9-12H,7-8H2,2H3,(H,21,22,23). The molecule has 134 valence electrons. The van der Waals surface area contributed by atoms with E-state index in [0.717, 1.165) is 16.6 Å². The zero-order chi connectivity index (χ0) is 18.8. The van der Waals surface area contributed by atoms with Crippen molar-refractivity contribution in [1.29, 1.82) is 0 Å². The number of terminal acetylenes is 1. The fourth-order valence-electron chi connectivity index (χ4n) is 2.93. The molecule has 0 amide bonds. The number of hydrogen-bond donors (Lipinski definition) is 1. The summed E-state index contributed by atoms with van der Waals surface area (Å²) in [5.41, 5.74) is 3.39. The molecule has 2 heterocycles. The highest BCUT2D eigenvalue weighted by atomic mass is 16.5. The van der Waals surface area contributed by atoms with Crippen LogP contribution in [0, 0.1) is 12.3 Å². The third-order valence-electron chi connectivity index (χ3n) is 4.24. The Morgan fingerprint density at radius 3 is 3.00 bits per heavy atom. The zero-order valence-corrected chi connectivity index (χ0v) is 14.6. The highest BCUT2D eigenvalue weighted by Crippen LogP contribution is 2.27. The monoisotopic (exact) mass is 360 g/mol. The van der Waals surface area contributed by atoms with Crippen molar-refractivity contribution >= 4 is 33.5 Å². The Bertz CT molecular complexity index is 1230. The average Bonchev–Trinajstić information content (AvgIpc) is 2.99. The molecular weight excluding hydrogens is 344 g/mol. The molecule has 7 heteroatoms. The van der Waals surface area contributed by atoms with Gasteiger partial charge in [-0.25, -0.2) is 14.8 Å². The fourth-order valence-corrected chi connectivity index (χ4v) is 2.93. The number of hydrogen-bond acceptors (Lipinski definition) is 6. The summed E-state index contributed by atoms with van der Waals surface area (Å²) in [6.45, 7) is 0.802. The number of fused-ring (bicyclic) bond motifs is 2. The van der Waals surface area contributed by atoms with Crippen LogP contribution in [0.4, 0.5) is 11.5 Å². The molecule has 1 N–H and O–H groups in total. The van der Waals surface area contributed by atoms with Crippen LogP contribution in [0.3, 0.4) is 0 Å². The first-order valence-corrected chi connectivity index (χ1v) is 8.30. The predicted octanol–water partition coefficient (Wildman–Crippen LogP) is 2.91. The maximum absolute atomic E-state index is 12.1. The Morgan fingerprint density at radius 2 is 2.19 bits per heavy atom. The topological polar surface area (TPSA) is 82.2 Å². The van der Waals surface area contributed by atoms with Gasteiger partial charge in [0.1, 0.15) is 12.1 Å². The molecule has 0 unspecified atom stereocenters. The van der Waals surface area contributed by atoms with Crippen molar-refractivity contribution in [1.82, 2.24) is 14.5 Å². The minimum absolute atomic E-state index is 0.397. The van der Waals surface area contributed by atoms with Gasteiger partial charge in [-0.1, -0.05) is 12.0 Å². The van der Waals surface area contributed by atoms with Gasteiger partial charge in [-0.15, -0.1) is 6.42 Å². The van der Waals surface area contributed by atoms with Crippen LogP contribution in [0.15, 0.2) is 51.9 Å². The van der Waals surface area contributed by atoms with Crippen LogP contribution in [0.5, 0.6) is 0 Å². The third kappa shape index (κ3) is 3.14. The molecule has 0 atom stereocenters. The number of ether oxygens (including phenoxy) is 1. The number of oxazole rings is 1. The van der Waals surface area contributed by atoms with E-state index in [4.69, 9.17) is 15.6 Å². The van der Waals surface area contributed by atoms with Gasteiger partial charge < -0.3 is 14.5 Å². The molecule has 0 saturated heterocycles. The van der Waals surface area contributed by atoms with Crippen molar-refractivity contribution in [3.8, 4) is 12.3 Å². The maximum atomic E-state index is 12.1. The number of anilines is 2. The number of aromatic nitrogens is 3. The Morgan fingerprint density at radius 1 is 1.30 bits per heavy atom. The van der Waals surface area contributed by atoms with E-state index in [2.05, 4.69) is 21.2 Å². The Kier molecular flexibility index (Phi) is 4.32. The average molecular weight is 360 g/mol. The van der Waals surface area contributed by atoms with E-state index in [0.29, 0.717) is 35.6 Å². The van der Waals surface area contributed by atoms with Gasteiger partial charge in [0.25, 0.3) is 0 Å². The summed E-state index contributed by atoms with van der Waals surface area (Å²) >= 11 is 0. The van der Waals surface area contributed by atoms with Crippen molar-refractivity contribution in [2.45, 2.75) is 6.54 Å². The second-order valence-corrected chi connectivity index (χ2v) is 5.92. The van der Waals surface area contributed by atoms with E-state index in [1.807, 2.05) is 30.3 Å². The lowest BCUT2D eigenvalue weighted by molar-refractivity contribution is 0.186. The maximum Gasteiger partial charge on any atom is 0.420 e. The van der Waals surface area contributed by atoms with Crippen molar-refractivity contribution < 1.29 is 9.15 Å². The summed E-state index contributed by atoms with van der Waals surface area (Å²) < 4.78 is 12.0. The van der Waals surface area contributed by atoms with Gasteiger partial charge in [0.05, 0.1) is 24.2 Å². The number of rotatable bonds is 5. The Balaban J connectivity index is 1.84. The smallest absolute Gasteiger partial charge is 0.408 e. The summed E-state index contributed by atoms with van der Waals surface area (Å²) in [5, 5.41) is 4.03. The molecule has 7 nitrogen and oxygen atoms in total. The fraction of sp³-hybridized carbons (Fsp3) is 0.150. The van der Waals surface area contributed by atoms with Gasteiger partial charge in [-0.2, -0.15) is 0 Å². The first-order chi connectivity index (χ1) is 13.2. The first-order valence-electron chi connectivity index (χ1n) is 8.30. The van der Waals surface area contributed by atoms with Crippen LogP contribution in [-0.2, 0) is 11.3 Å². The SMILES string of the molecule is C#Cc1cccc(Nc2ncnc3cc4oc(=O)n(CCOC)c4cc23)c1. The summed E-state index contributed by atoms with van der Waals surface area (Å²) in [7, 11) is 1.59. The molecule has 0 saturated carbocycles. The van der Waals surface area contributed by atoms with E-state index < -0.39 is 5.76 Å². The second kappa shape index (κ2) is 6.94. The van der Waals surface area contributed by atoms with E-state index in [1.165, 1.54) is 10.9 Å². The number of nitrogens with zero attached hydrogens (tertiary/aromatic N) is 3. The van der Waals surface area contributed by atoms with Gasteiger partial charge in [-0.05, 0) is 24.3 Å². The molecule has 0 aliphatic carbocycles. The van der Waals surface area contributed by atoms with Crippen LogP contribution in [0.25, 0.3) is 22.0 Å². The first kappa shape index (κ1) is 16.8. The van der Waals surface area contributed by atoms with Crippen LogP contribution >= 0.6 is 0 Å². The number of methoxy groups -OCH3 is 1. The summed E-state index contributed by atoms with van der Waals surface area (Å²) in [4.78, 5) is 20.8.